The second-order valence-electron chi connectivity index (χ2n) is 6.87. The molecule has 0 aliphatic rings. The number of carbonyl (C=O) groups is 2. The van der Waals surface area contributed by atoms with E-state index in [0.717, 1.165) is 22.0 Å². The van der Waals surface area contributed by atoms with Crippen molar-refractivity contribution in [3.8, 4) is 0 Å². The molecule has 28 heavy (non-hydrogen) atoms. The van der Waals surface area contributed by atoms with Crippen molar-refractivity contribution in [2.24, 2.45) is 0 Å². The fourth-order valence-electron chi connectivity index (χ4n) is 3.34. The van der Waals surface area contributed by atoms with E-state index in [4.69, 9.17) is 5.11 Å². The number of hydrogen-bond donors (Lipinski definition) is 2. The first-order chi connectivity index (χ1) is 13.6. The molecule has 144 valence electrons. The summed E-state index contributed by atoms with van der Waals surface area (Å²) in [5, 5.41) is 13.1. The number of benzene rings is 2. The Morgan fingerprint density at radius 1 is 0.964 bits per heavy atom. The zero-order valence-electron chi connectivity index (χ0n) is 15.7. The number of nitrogens with one attached hydrogen (secondary N) is 1. The predicted molar refractivity (Wildman–Crippen MR) is 109 cm³/mol. The van der Waals surface area contributed by atoms with Gasteiger partial charge in [-0.2, -0.15) is 0 Å². The fraction of sp³-hybridized carbons (Fsp3) is 0.261. The highest BCUT2D eigenvalue weighted by Crippen LogP contribution is 2.17. The summed E-state index contributed by atoms with van der Waals surface area (Å²) in [6.07, 6.45) is 3.80. The third-order valence-corrected chi connectivity index (χ3v) is 4.76. The average molecular weight is 376 g/mol. The van der Waals surface area contributed by atoms with Crippen molar-refractivity contribution in [1.82, 2.24) is 10.3 Å². The van der Waals surface area contributed by atoms with Gasteiger partial charge in [0.1, 0.15) is 0 Å². The minimum atomic E-state index is -0.851. The quantitative estimate of drug-likeness (QED) is 0.596. The Balaban J connectivity index is 1.61. The van der Waals surface area contributed by atoms with Crippen LogP contribution < -0.4 is 5.32 Å². The number of para-hydroxylation sites is 1. The Morgan fingerprint density at radius 2 is 1.71 bits per heavy atom. The largest absolute Gasteiger partial charge is 0.481 e. The fourth-order valence-corrected chi connectivity index (χ4v) is 3.34. The van der Waals surface area contributed by atoms with E-state index in [1.165, 1.54) is 0 Å². The summed E-state index contributed by atoms with van der Waals surface area (Å²) in [5.74, 6) is -0.914. The molecule has 1 atom stereocenters. The number of aryl methyl sites for hydroxylation is 1. The highest BCUT2D eigenvalue weighted by molar-refractivity contribution is 5.83. The van der Waals surface area contributed by atoms with Crippen LogP contribution in [0.5, 0.6) is 0 Å². The Bertz CT molecular complexity index is 935. The highest BCUT2D eigenvalue weighted by atomic mass is 16.4. The molecule has 1 heterocycles. The highest BCUT2D eigenvalue weighted by Gasteiger charge is 2.15. The lowest BCUT2D eigenvalue weighted by Gasteiger charge is -2.18. The minimum Gasteiger partial charge on any atom is -0.481 e. The summed E-state index contributed by atoms with van der Waals surface area (Å²) in [5.41, 5.74) is 3.09. The Hall–Kier alpha value is -3.21. The molecule has 0 saturated carbocycles. The topological polar surface area (TPSA) is 79.3 Å². The Kier molecular flexibility index (Phi) is 6.73. The molecule has 5 nitrogen and oxygen atoms in total. The number of fused-ring (bicyclic) bond motifs is 1. The van der Waals surface area contributed by atoms with E-state index in [9.17, 15) is 9.59 Å². The molecule has 5 heteroatoms. The molecule has 2 aromatic carbocycles. The van der Waals surface area contributed by atoms with Crippen LogP contribution in [-0.2, 0) is 22.4 Å². The van der Waals surface area contributed by atoms with Crippen LogP contribution in [0, 0.1) is 0 Å². The minimum absolute atomic E-state index is 0.0345. The van der Waals surface area contributed by atoms with Gasteiger partial charge in [0.15, 0.2) is 0 Å². The maximum Gasteiger partial charge on any atom is 0.303 e. The van der Waals surface area contributed by atoms with Crippen molar-refractivity contribution in [3.63, 3.8) is 0 Å². The number of pyridine rings is 1. The number of carbonyl (C=O) groups excluding carboxylic acids is 1. The lowest BCUT2D eigenvalue weighted by molar-refractivity contribution is -0.137. The zero-order chi connectivity index (χ0) is 19.8. The van der Waals surface area contributed by atoms with Gasteiger partial charge < -0.3 is 10.4 Å². The van der Waals surface area contributed by atoms with Gasteiger partial charge in [-0.3, -0.25) is 14.6 Å². The number of amides is 1. The number of carboxylic acid groups (broad SMARTS) is 1. The molecular formula is C23H24N2O3. The average Bonchev–Trinajstić information content (AvgIpc) is 2.71. The van der Waals surface area contributed by atoms with Gasteiger partial charge in [0.2, 0.25) is 5.91 Å². The molecule has 3 aromatic rings. The summed E-state index contributed by atoms with van der Waals surface area (Å²) in [4.78, 5) is 27.8. The van der Waals surface area contributed by atoms with Crippen molar-refractivity contribution in [1.29, 1.82) is 0 Å². The van der Waals surface area contributed by atoms with Crippen LogP contribution in [0.4, 0.5) is 0 Å². The van der Waals surface area contributed by atoms with E-state index in [1.807, 2.05) is 60.7 Å². The molecule has 0 aliphatic heterocycles. The maximum absolute atomic E-state index is 12.5. The number of rotatable bonds is 9. The third-order valence-electron chi connectivity index (χ3n) is 4.76. The molecule has 0 saturated heterocycles. The monoisotopic (exact) mass is 376 g/mol. The lowest BCUT2D eigenvalue weighted by atomic mass is 10.0. The van der Waals surface area contributed by atoms with Crippen LogP contribution in [0.1, 0.15) is 30.4 Å². The summed E-state index contributed by atoms with van der Waals surface area (Å²) in [6.45, 7) is 0. The van der Waals surface area contributed by atoms with Crippen LogP contribution >= 0.6 is 0 Å². The molecule has 1 aromatic heterocycles. The van der Waals surface area contributed by atoms with E-state index >= 15 is 0 Å². The number of nitrogens with zero attached hydrogens (tertiary/aromatic N) is 1. The molecule has 0 fully saturated rings. The van der Waals surface area contributed by atoms with Crippen molar-refractivity contribution in [2.45, 2.75) is 38.1 Å². The normalized spacial score (nSPS) is 11.9. The predicted octanol–water partition coefficient (Wildman–Crippen LogP) is 3.76. The smallest absolute Gasteiger partial charge is 0.303 e. The van der Waals surface area contributed by atoms with Gasteiger partial charge >= 0.3 is 5.97 Å². The molecular weight excluding hydrogens is 352 g/mol. The number of aliphatic carboxylic acids is 1. The van der Waals surface area contributed by atoms with E-state index in [1.54, 1.807) is 6.20 Å². The Labute approximate surface area is 164 Å². The summed E-state index contributed by atoms with van der Waals surface area (Å²) in [6, 6.07) is 19.4. The zero-order valence-corrected chi connectivity index (χ0v) is 15.7. The lowest BCUT2D eigenvalue weighted by Crippen LogP contribution is -2.37. The van der Waals surface area contributed by atoms with E-state index in [2.05, 4.69) is 10.3 Å². The van der Waals surface area contributed by atoms with E-state index in [-0.39, 0.29) is 18.4 Å². The summed E-state index contributed by atoms with van der Waals surface area (Å²) < 4.78 is 0. The van der Waals surface area contributed by atoms with Crippen molar-refractivity contribution in [3.05, 3.63) is 78.0 Å². The maximum atomic E-state index is 12.5. The number of hydrogen-bond acceptors (Lipinski definition) is 3. The molecule has 0 bridgehead atoms. The van der Waals surface area contributed by atoms with E-state index < -0.39 is 5.97 Å². The van der Waals surface area contributed by atoms with Crippen LogP contribution in [0.15, 0.2) is 66.9 Å². The SMILES string of the molecule is O=C(O)CCC(Cc1ccccc1)NC(=O)CCc1ccnc2ccccc12. The molecule has 3 rings (SSSR count). The second kappa shape index (κ2) is 9.65. The molecule has 0 radical (unpaired) electrons. The standard InChI is InChI=1S/C23H24N2O3/c26-22(12-10-18-14-15-24-21-9-5-4-8-20(18)21)25-19(11-13-23(27)28)16-17-6-2-1-3-7-17/h1-9,14-15,19H,10-13,16H2,(H,25,26)(H,27,28). The number of carboxylic acids is 1. The van der Waals surface area contributed by atoms with Gasteiger partial charge in [-0.15, -0.1) is 0 Å². The van der Waals surface area contributed by atoms with Crippen LogP contribution in [0.25, 0.3) is 10.9 Å². The Morgan fingerprint density at radius 3 is 2.50 bits per heavy atom. The first-order valence-corrected chi connectivity index (χ1v) is 9.49. The summed E-state index contributed by atoms with van der Waals surface area (Å²) >= 11 is 0. The van der Waals surface area contributed by atoms with Gasteiger partial charge in [0.25, 0.3) is 0 Å². The second-order valence-corrected chi connectivity index (χ2v) is 6.87. The molecule has 1 unspecified atom stereocenters. The van der Waals surface area contributed by atoms with Crippen LogP contribution in [0.2, 0.25) is 0 Å². The molecule has 0 spiro atoms. The van der Waals surface area contributed by atoms with Gasteiger partial charge in [-0.05, 0) is 42.5 Å². The van der Waals surface area contributed by atoms with Gasteiger partial charge in [-0.1, -0.05) is 48.5 Å². The van der Waals surface area contributed by atoms with Gasteiger partial charge in [0, 0.05) is 30.5 Å². The van der Waals surface area contributed by atoms with Crippen LogP contribution in [0.3, 0.4) is 0 Å². The van der Waals surface area contributed by atoms with Crippen molar-refractivity contribution in [2.75, 3.05) is 0 Å². The summed E-state index contributed by atoms with van der Waals surface area (Å²) in [7, 11) is 0. The third kappa shape index (κ3) is 5.64. The van der Waals surface area contributed by atoms with Crippen LogP contribution in [-0.4, -0.2) is 28.0 Å². The van der Waals surface area contributed by atoms with E-state index in [0.29, 0.717) is 25.7 Å². The molecule has 1 amide bonds. The first-order valence-electron chi connectivity index (χ1n) is 9.49. The van der Waals surface area contributed by atoms with Crippen molar-refractivity contribution < 1.29 is 14.7 Å². The first kappa shape index (κ1) is 19.5. The number of aromatic nitrogens is 1. The van der Waals surface area contributed by atoms with Gasteiger partial charge in [0.05, 0.1) is 5.52 Å². The molecule has 2 N–H and O–H groups in total. The van der Waals surface area contributed by atoms with Gasteiger partial charge in [-0.25, -0.2) is 0 Å². The molecule has 0 aliphatic carbocycles. The van der Waals surface area contributed by atoms with Crippen molar-refractivity contribution >= 4 is 22.8 Å².